The Hall–Kier alpha value is -0.530. The van der Waals surface area contributed by atoms with E-state index in [4.69, 9.17) is 0 Å². The van der Waals surface area contributed by atoms with Crippen molar-refractivity contribution < 1.29 is 4.79 Å². The summed E-state index contributed by atoms with van der Waals surface area (Å²) in [4.78, 5) is 14.5. The van der Waals surface area contributed by atoms with Crippen molar-refractivity contribution in [1.29, 1.82) is 0 Å². The van der Waals surface area contributed by atoms with Crippen LogP contribution in [0.4, 0.5) is 0 Å². The van der Waals surface area contributed by atoms with Gasteiger partial charge in [0.25, 0.3) is 0 Å². The molecular weight excluding hydrogens is 186 g/mol. The zero-order valence-corrected chi connectivity index (χ0v) is 10.1. The molecule has 0 aromatic rings. The van der Waals surface area contributed by atoms with Crippen LogP contribution in [-0.2, 0) is 4.79 Å². The Morgan fingerprint density at radius 1 is 1.20 bits per heavy atom. The number of rotatable bonds is 2. The van der Waals surface area contributed by atoms with E-state index in [1.165, 1.54) is 19.3 Å². The lowest BCUT2D eigenvalue weighted by Gasteiger charge is -2.31. The number of hydrogen-bond acceptors (Lipinski definition) is 1. The molecule has 2 rings (SSSR count). The topological polar surface area (TPSA) is 20.3 Å². The molecule has 1 spiro atoms. The van der Waals surface area contributed by atoms with E-state index in [0.29, 0.717) is 11.8 Å². The maximum Gasteiger partial charge on any atom is 0.228 e. The Kier molecular flexibility index (Phi) is 3.03. The summed E-state index contributed by atoms with van der Waals surface area (Å²) in [6.07, 6.45) is 7.29. The van der Waals surface area contributed by atoms with Gasteiger partial charge >= 0.3 is 0 Å². The number of hydrogen-bond donors (Lipinski definition) is 0. The fourth-order valence-electron chi connectivity index (χ4n) is 3.20. The summed E-state index contributed by atoms with van der Waals surface area (Å²) < 4.78 is 0. The van der Waals surface area contributed by atoms with E-state index in [2.05, 4.69) is 18.7 Å². The number of likely N-dealkylation sites (tertiary alicyclic amines) is 1. The molecule has 1 aliphatic heterocycles. The first kappa shape index (κ1) is 11.0. The van der Waals surface area contributed by atoms with Crippen molar-refractivity contribution in [2.45, 2.75) is 52.4 Å². The van der Waals surface area contributed by atoms with Crippen LogP contribution in [0.15, 0.2) is 0 Å². The van der Waals surface area contributed by atoms with Crippen molar-refractivity contribution in [1.82, 2.24) is 4.90 Å². The summed E-state index contributed by atoms with van der Waals surface area (Å²) in [5.74, 6) is 1.07. The predicted molar refractivity (Wildman–Crippen MR) is 61.6 cm³/mol. The molecule has 0 N–H and O–H groups in total. The molecule has 0 aromatic heterocycles. The van der Waals surface area contributed by atoms with Gasteiger partial charge in [0.05, 0.1) is 5.41 Å². The average molecular weight is 209 g/mol. The normalized spacial score (nSPS) is 25.5. The van der Waals surface area contributed by atoms with Gasteiger partial charge in [-0.05, 0) is 25.2 Å². The summed E-state index contributed by atoms with van der Waals surface area (Å²) in [7, 11) is 0. The molecule has 0 atom stereocenters. The van der Waals surface area contributed by atoms with Crippen LogP contribution in [0.2, 0.25) is 0 Å². The van der Waals surface area contributed by atoms with Crippen LogP contribution in [0.25, 0.3) is 0 Å². The van der Waals surface area contributed by atoms with Gasteiger partial charge in [-0.1, -0.05) is 33.1 Å². The van der Waals surface area contributed by atoms with Crippen LogP contribution in [-0.4, -0.2) is 23.9 Å². The van der Waals surface area contributed by atoms with E-state index < -0.39 is 0 Å². The maximum absolute atomic E-state index is 12.3. The van der Waals surface area contributed by atoms with Gasteiger partial charge in [-0.15, -0.1) is 0 Å². The summed E-state index contributed by atoms with van der Waals surface area (Å²) in [5.41, 5.74) is 0.0765. The summed E-state index contributed by atoms with van der Waals surface area (Å²) in [5, 5.41) is 0. The lowest BCUT2D eigenvalue weighted by molar-refractivity contribution is -0.138. The fraction of sp³-hybridized carbons (Fsp3) is 0.923. The molecule has 2 fully saturated rings. The molecule has 0 radical (unpaired) electrons. The van der Waals surface area contributed by atoms with Crippen molar-refractivity contribution in [3.8, 4) is 0 Å². The van der Waals surface area contributed by atoms with Crippen LogP contribution in [0.5, 0.6) is 0 Å². The Morgan fingerprint density at radius 3 is 2.47 bits per heavy atom. The molecule has 2 heteroatoms. The second kappa shape index (κ2) is 4.15. The predicted octanol–water partition coefficient (Wildman–Crippen LogP) is 2.83. The lowest BCUT2D eigenvalue weighted by Crippen LogP contribution is -2.37. The smallest absolute Gasteiger partial charge is 0.228 e. The van der Waals surface area contributed by atoms with Crippen LogP contribution in [0.1, 0.15) is 52.4 Å². The van der Waals surface area contributed by atoms with Gasteiger partial charge in [0.2, 0.25) is 5.91 Å². The highest BCUT2D eigenvalue weighted by atomic mass is 16.2. The summed E-state index contributed by atoms with van der Waals surface area (Å²) >= 11 is 0. The molecule has 0 aromatic carbocycles. The first-order chi connectivity index (χ1) is 7.14. The highest BCUT2D eigenvalue weighted by Gasteiger charge is 2.46. The van der Waals surface area contributed by atoms with E-state index >= 15 is 0 Å². The molecule has 1 amide bonds. The van der Waals surface area contributed by atoms with E-state index in [1.807, 2.05) is 0 Å². The summed E-state index contributed by atoms with van der Waals surface area (Å²) in [6.45, 7) is 6.36. The third-order valence-corrected chi connectivity index (χ3v) is 4.00. The van der Waals surface area contributed by atoms with Crippen molar-refractivity contribution >= 4 is 5.91 Å². The molecule has 1 aliphatic carbocycles. The highest BCUT2D eigenvalue weighted by Crippen LogP contribution is 2.44. The largest absolute Gasteiger partial charge is 0.342 e. The highest BCUT2D eigenvalue weighted by molar-refractivity contribution is 5.84. The minimum Gasteiger partial charge on any atom is -0.342 e. The number of amides is 1. The van der Waals surface area contributed by atoms with E-state index in [-0.39, 0.29) is 5.41 Å². The molecule has 1 saturated carbocycles. The molecule has 15 heavy (non-hydrogen) atoms. The van der Waals surface area contributed by atoms with Crippen LogP contribution >= 0.6 is 0 Å². The van der Waals surface area contributed by atoms with Gasteiger partial charge in [-0.2, -0.15) is 0 Å². The zero-order valence-electron chi connectivity index (χ0n) is 10.1. The SMILES string of the molecule is CC(C)CN1CCC2(CCCCC2)C1=O. The molecule has 2 nitrogen and oxygen atoms in total. The van der Waals surface area contributed by atoms with Crippen molar-refractivity contribution in [3.63, 3.8) is 0 Å². The maximum atomic E-state index is 12.3. The fourth-order valence-corrected chi connectivity index (χ4v) is 3.20. The van der Waals surface area contributed by atoms with Crippen LogP contribution < -0.4 is 0 Å². The third kappa shape index (κ3) is 2.04. The van der Waals surface area contributed by atoms with E-state index in [1.54, 1.807) is 0 Å². The van der Waals surface area contributed by atoms with Crippen molar-refractivity contribution in [3.05, 3.63) is 0 Å². The van der Waals surface area contributed by atoms with E-state index in [0.717, 1.165) is 32.4 Å². The number of carbonyl (C=O) groups excluding carboxylic acids is 1. The number of carbonyl (C=O) groups is 1. The summed E-state index contributed by atoms with van der Waals surface area (Å²) in [6, 6.07) is 0. The molecule has 0 bridgehead atoms. The standard InChI is InChI=1S/C13H23NO/c1-11(2)10-14-9-8-13(12(14)15)6-4-3-5-7-13/h11H,3-10H2,1-2H3. The first-order valence-electron chi connectivity index (χ1n) is 6.43. The zero-order chi connectivity index (χ0) is 10.9. The van der Waals surface area contributed by atoms with Gasteiger partial charge in [0.1, 0.15) is 0 Å². The van der Waals surface area contributed by atoms with Gasteiger partial charge in [-0.3, -0.25) is 4.79 Å². The third-order valence-electron chi connectivity index (χ3n) is 4.00. The molecule has 86 valence electrons. The van der Waals surface area contributed by atoms with E-state index in [9.17, 15) is 4.79 Å². The Labute approximate surface area is 93.0 Å². The molecule has 2 aliphatic rings. The van der Waals surface area contributed by atoms with Crippen LogP contribution in [0.3, 0.4) is 0 Å². The van der Waals surface area contributed by atoms with Crippen molar-refractivity contribution in [2.24, 2.45) is 11.3 Å². The number of nitrogens with zero attached hydrogens (tertiary/aromatic N) is 1. The lowest BCUT2D eigenvalue weighted by atomic mass is 9.73. The van der Waals surface area contributed by atoms with Gasteiger partial charge in [-0.25, -0.2) is 0 Å². The molecular formula is C13H23NO. The quantitative estimate of drug-likeness (QED) is 0.685. The molecule has 1 saturated heterocycles. The molecule has 0 unspecified atom stereocenters. The average Bonchev–Trinajstić information content (AvgIpc) is 2.48. The minimum absolute atomic E-state index is 0.0765. The minimum atomic E-state index is 0.0765. The van der Waals surface area contributed by atoms with Crippen LogP contribution in [0, 0.1) is 11.3 Å². The van der Waals surface area contributed by atoms with Gasteiger partial charge in [0, 0.05) is 13.1 Å². The van der Waals surface area contributed by atoms with Crippen molar-refractivity contribution in [2.75, 3.05) is 13.1 Å². The Bertz CT molecular complexity index is 241. The van der Waals surface area contributed by atoms with Gasteiger partial charge < -0.3 is 4.90 Å². The monoisotopic (exact) mass is 209 g/mol. The Balaban J connectivity index is 2.02. The Morgan fingerprint density at radius 2 is 1.87 bits per heavy atom. The molecule has 1 heterocycles. The second-order valence-electron chi connectivity index (χ2n) is 5.74. The second-order valence-corrected chi connectivity index (χ2v) is 5.74. The first-order valence-corrected chi connectivity index (χ1v) is 6.43. The van der Waals surface area contributed by atoms with Gasteiger partial charge in [0.15, 0.2) is 0 Å².